The van der Waals surface area contributed by atoms with E-state index in [4.69, 9.17) is 0 Å². The highest BCUT2D eigenvalue weighted by molar-refractivity contribution is 5.91. The molecular formula is C16H16F4N2O2. The van der Waals surface area contributed by atoms with Crippen LogP contribution in [0.4, 0.5) is 17.6 Å². The Labute approximate surface area is 136 Å². The second-order valence-corrected chi connectivity index (χ2v) is 5.46. The van der Waals surface area contributed by atoms with Gasteiger partial charge in [-0.2, -0.15) is 13.2 Å². The maximum atomic E-state index is 12.8. The van der Waals surface area contributed by atoms with Crippen LogP contribution in [0.1, 0.15) is 18.4 Å². The molecule has 0 spiro atoms. The maximum Gasteiger partial charge on any atom is 0.471 e. The molecule has 24 heavy (non-hydrogen) atoms. The fourth-order valence-corrected chi connectivity index (χ4v) is 2.40. The third kappa shape index (κ3) is 5.07. The van der Waals surface area contributed by atoms with E-state index in [1.54, 1.807) is 0 Å². The Balaban J connectivity index is 1.80. The van der Waals surface area contributed by atoms with Crippen molar-refractivity contribution in [3.8, 4) is 0 Å². The Morgan fingerprint density at radius 1 is 1.12 bits per heavy atom. The van der Waals surface area contributed by atoms with Crippen LogP contribution in [0.3, 0.4) is 0 Å². The molecule has 0 bridgehead atoms. The summed E-state index contributed by atoms with van der Waals surface area (Å²) < 4.78 is 49.8. The summed E-state index contributed by atoms with van der Waals surface area (Å²) in [5.41, 5.74) is 0.650. The lowest BCUT2D eigenvalue weighted by Crippen LogP contribution is -2.49. The van der Waals surface area contributed by atoms with Gasteiger partial charge in [-0.3, -0.25) is 9.59 Å². The lowest BCUT2D eigenvalue weighted by Gasteiger charge is -2.32. The van der Waals surface area contributed by atoms with Crippen molar-refractivity contribution in [2.24, 2.45) is 0 Å². The number of amides is 2. The van der Waals surface area contributed by atoms with Crippen LogP contribution in [-0.4, -0.2) is 42.0 Å². The van der Waals surface area contributed by atoms with E-state index in [9.17, 15) is 27.2 Å². The van der Waals surface area contributed by atoms with E-state index in [1.165, 1.54) is 36.4 Å². The SMILES string of the molecule is O=C(/C=C/c1ccc(F)cc1)NC1CCN(C(=O)C(F)(F)F)CC1. The Kier molecular flexibility index (Phi) is 5.58. The second kappa shape index (κ2) is 7.46. The molecule has 0 aromatic heterocycles. The van der Waals surface area contributed by atoms with Gasteiger partial charge in [0.2, 0.25) is 5.91 Å². The Hall–Kier alpha value is -2.38. The highest BCUT2D eigenvalue weighted by atomic mass is 19.4. The number of benzene rings is 1. The first-order valence-electron chi connectivity index (χ1n) is 7.36. The maximum absolute atomic E-state index is 12.8. The van der Waals surface area contributed by atoms with Gasteiger partial charge in [0, 0.05) is 25.2 Å². The van der Waals surface area contributed by atoms with Gasteiger partial charge in [0.1, 0.15) is 5.82 Å². The van der Waals surface area contributed by atoms with E-state index in [0.717, 1.165) is 4.90 Å². The van der Waals surface area contributed by atoms with Crippen molar-refractivity contribution < 1.29 is 27.2 Å². The molecule has 0 unspecified atom stereocenters. The third-order valence-electron chi connectivity index (χ3n) is 3.67. The number of hydrogen-bond donors (Lipinski definition) is 1. The Bertz CT molecular complexity index is 618. The van der Waals surface area contributed by atoms with E-state index in [1.807, 2.05) is 0 Å². The Morgan fingerprint density at radius 3 is 2.25 bits per heavy atom. The third-order valence-corrected chi connectivity index (χ3v) is 3.67. The predicted octanol–water partition coefficient (Wildman–Crippen LogP) is 2.51. The molecule has 8 heteroatoms. The van der Waals surface area contributed by atoms with Gasteiger partial charge in [0.25, 0.3) is 0 Å². The van der Waals surface area contributed by atoms with Gasteiger partial charge in [0.05, 0.1) is 0 Å². The highest BCUT2D eigenvalue weighted by Crippen LogP contribution is 2.21. The van der Waals surface area contributed by atoms with Crippen molar-refractivity contribution in [1.82, 2.24) is 10.2 Å². The summed E-state index contributed by atoms with van der Waals surface area (Å²) in [6.45, 7) is -0.101. The molecule has 0 aliphatic carbocycles. The minimum atomic E-state index is -4.87. The second-order valence-electron chi connectivity index (χ2n) is 5.46. The van der Waals surface area contributed by atoms with Gasteiger partial charge in [-0.15, -0.1) is 0 Å². The van der Waals surface area contributed by atoms with Gasteiger partial charge in [0.15, 0.2) is 0 Å². The van der Waals surface area contributed by atoms with Crippen LogP contribution in [0.2, 0.25) is 0 Å². The van der Waals surface area contributed by atoms with Gasteiger partial charge in [-0.1, -0.05) is 12.1 Å². The molecule has 1 aromatic carbocycles. The minimum Gasteiger partial charge on any atom is -0.350 e. The standard InChI is InChI=1S/C16H16F4N2O2/c17-12-4-1-11(2-5-12)3-6-14(23)21-13-7-9-22(10-8-13)15(24)16(18,19)20/h1-6,13H,7-10H2,(H,21,23)/b6-3+. The van der Waals surface area contributed by atoms with Gasteiger partial charge >= 0.3 is 12.1 Å². The summed E-state index contributed by atoms with van der Waals surface area (Å²) >= 11 is 0. The van der Waals surface area contributed by atoms with E-state index in [2.05, 4.69) is 5.32 Å². The quantitative estimate of drug-likeness (QED) is 0.677. The molecule has 0 saturated carbocycles. The largest absolute Gasteiger partial charge is 0.471 e. The molecule has 1 fully saturated rings. The zero-order valence-corrected chi connectivity index (χ0v) is 12.6. The van der Waals surface area contributed by atoms with Crippen molar-refractivity contribution in [1.29, 1.82) is 0 Å². The van der Waals surface area contributed by atoms with Crippen LogP contribution in [0, 0.1) is 5.82 Å². The summed E-state index contributed by atoms with van der Waals surface area (Å²) in [5.74, 6) is -2.61. The number of nitrogens with zero attached hydrogens (tertiary/aromatic N) is 1. The number of halogens is 4. The van der Waals surface area contributed by atoms with Crippen LogP contribution in [-0.2, 0) is 9.59 Å². The molecule has 130 valence electrons. The number of nitrogens with one attached hydrogen (secondary N) is 1. The van der Waals surface area contributed by atoms with Crippen LogP contribution < -0.4 is 5.32 Å². The predicted molar refractivity (Wildman–Crippen MR) is 79.2 cm³/mol. The molecular weight excluding hydrogens is 328 g/mol. The van der Waals surface area contributed by atoms with Crippen LogP contribution in [0.15, 0.2) is 30.3 Å². The van der Waals surface area contributed by atoms with Crippen molar-refractivity contribution >= 4 is 17.9 Å². The minimum absolute atomic E-state index is 0.0506. The number of carbonyl (C=O) groups excluding carboxylic acids is 2. The van der Waals surface area contributed by atoms with Gasteiger partial charge < -0.3 is 10.2 Å². The molecule has 1 aliphatic heterocycles. The zero-order chi connectivity index (χ0) is 17.7. The molecule has 0 radical (unpaired) electrons. The number of piperidine rings is 1. The van der Waals surface area contributed by atoms with Gasteiger partial charge in [-0.25, -0.2) is 4.39 Å². The summed E-state index contributed by atoms with van der Waals surface area (Å²) in [6, 6.07) is 5.28. The van der Waals surface area contributed by atoms with E-state index in [0.29, 0.717) is 5.56 Å². The lowest BCUT2D eigenvalue weighted by atomic mass is 10.0. The smallest absolute Gasteiger partial charge is 0.350 e. The number of rotatable bonds is 3. The van der Waals surface area contributed by atoms with Crippen molar-refractivity contribution in [3.05, 3.63) is 41.7 Å². The first-order valence-corrected chi connectivity index (χ1v) is 7.36. The number of carbonyl (C=O) groups is 2. The van der Waals surface area contributed by atoms with Crippen LogP contribution in [0.5, 0.6) is 0 Å². The topological polar surface area (TPSA) is 49.4 Å². The average Bonchev–Trinajstić information content (AvgIpc) is 2.53. The molecule has 2 amide bonds. The highest BCUT2D eigenvalue weighted by Gasteiger charge is 2.43. The fourth-order valence-electron chi connectivity index (χ4n) is 2.40. The number of likely N-dealkylation sites (tertiary alicyclic amines) is 1. The summed E-state index contributed by atoms with van der Waals surface area (Å²) in [7, 11) is 0. The molecule has 2 rings (SSSR count). The molecule has 1 aliphatic rings. The van der Waals surface area contributed by atoms with E-state index in [-0.39, 0.29) is 43.7 Å². The van der Waals surface area contributed by atoms with Gasteiger partial charge in [-0.05, 0) is 36.6 Å². The number of alkyl halides is 3. The molecule has 1 aromatic rings. The molecule has 4 nitrogen and oxygen atoms in total. The lowest BCUT2D eigenvalue weighted by molar-refractivity contribution is -0.186. The summed E-state index contributed by atoms with van der Waals surface area (Å²) in [5, 5.41) is 2.68. The molecule has 1 heterocycles. The fraction of sp³-hybridized carbons (Fsp3) is 0.375. The molecule has 0 atom stereocenters. The monoisotopic (exact) mass is 344 g/mol. The Morgan fingerprint density at radius 2 is 1.71 bits per heavy atom. The zero-order valence-electron chi connectivity index (χ0n) is 12.6. The first-order chi connectivity index (χ1) is 11.3. The first kappa shape index (κ1) is 18.0. The van der Waals surface area contributed by atoms with Crippen molar-refractivity contribution in [2.45, 2.75) is 25.1 Å². The van der Waals surface area contributed by atoms with Crippen molar-refractivity contribution in [3.63, 3.8) is 0 Å². The molecule has 1 saturated heterocycles. The summed E-state index contributed by atoms with van der Waals surface area (Å²) in [6.07, 6.45) is -1.55. The van der Waals surface area contributed by atoms with E-state index >= 15 is 0 Å². The van der Waals surface area contributed by atoms with Crippen molar-refractivity contribution in [2.75, 3.05) is 13.1 Å². The summed E-state index contributed by atoms with van der Waals surface area (Å²) in [4.78, 5) is 23.6. The van der Waals surface area contributed by atoms with Crippen LogP contribution >= 0.6 is 0 Å². The van der Waals surface area contributed by atoms with E-state index < -0.39 is 12.1 Å². The molecule has 1 N–H and O–H groups in total. The normalized spacial score (nSPS) is 16.4. The number of hydrogen-bond acceptors (Lipinski definition) is 2. The van der Waals surface area contributed by atoms with Crippen LogP contribution in [0.25, 0.3) is 6.08 Å². The average molecular weight is 344 g/mol.